The summed E-state index contributed by atoms with van der Waals surface area (Å²) in [5, 5.41) is 12.8. The van der Waals surface area contributed by atoms with Crippen molar-refractivity contribution in [1.29, 1.82) is 0 Å². The molecule has 2 N–H and O–H groups in total. The molecule has 0 bridgehead atoms. The van der Waals surface area contributed by atoms with Crippen LogP contribution in [0.25, 0.3) is 28.2 Å². The fourth-order valence-electron chi connectivity index (χ4n) is 2.45. The molecule has 0 aliphatic carbocycles. The van der Waals surface area contributed by atoms with Crippen LogP contribution in [0.3, 0.4) is 0 Å². The van der Waals surface area contributed by atoms with Gasteiger partial charge in [-0.25, -0.2) is 0 Å². The van der Waals surface area contributed by atoms with E-state index in [4.69, 9.17) is 16.6 Å². The number of nitrogens with zero attached hydrogens (tertiary/aromatic N) is 1. The highest BCUT2D eigenvalue weighted by Gasteiger charge is 2.22. The lowest BCUT2D eigenvalue weighted by Gasteiger charge is -2.02. The largest absolute Gasteiger partial charge is 0.508 e. The van der Waals surface area contributed by atoms with E-state index in [2.05, 4.69) is 10.3 Å². The summed E-state index contributed by atoms with van der Waals surface area (Å²) in [6.45, 7) is 0. The molecule has 0 unspecified atom stereocenters. The predicted molar refractivity (Wildman–Crippen MR) is 97.4 cm³/mol. The van der Waals surface area contributed by atoms with E-state index < -0.39 is 0 Å². The summed E-state index contributed by atoms with van der Waals surface area (Å²) >= 11 is 6.19. The van der Waals surface area contributed by atoms with Crippen molar-refractivity contribution in [1.82, 2.24) is 10.3 Å². The molecule has 1 saturated heterocycles. The zero-order chi connectivity index (χ0) is 16.7. The Morgan fingerprint density at radius 1 is 1.25 bits per heavy atom. The molecule has 1 amide bonds. The number of pyridine rings is 1. The van der Waals surface area contributed by atoms with Crippen molar-refractivity contribution in [3.05, 3.63) is 53.4 Å². The zero-order valence-corrected chi connectivity index (χ0v) is 13.8. The third kappa shape index (κ3) is 2.68. The van der Waals surface area contributed by atoms with Crippen molar-refractivity contribution >= 4 is 51.3 Å². The van der Waals surface area contributed by atoms with Crippen LogP contribution in [0.5, 0.6) is 5.75 Å². The first-order chi connectivity index (χ1) is 11.6. The van der Waals surface area contributed by atoms with Crippen molar-refractivity contribution in [3.63, 3.8) is 0 Å². The number of benzene rings is 1. The number of hydrogen-bond acceptors (Lipinski definition) is 6. The second-order valence-corrected chi connectivity index (χ2v) is 6.87. The van der Waals surface area contributed by atoms with E-state index in [0.717, 1.165) is 16.5 Å². The third-order valence-electron chi connectivity index (χ3n) is 3.54. The number of rotatable bonds is 2. The number of thioether (sulfide) groups is 1. The van der Waals surface area contributed by atoms with E-state index in [1.807, 2.05) is 6.07 Å². The normalized spacial score (nSPS) is 16.1. The maximum atomic E-state index is 11.8. The summed E-state index contributed by atoms with van der Waals surface area (Å²) in [4.78, 5) is 16.5. The second-order valence-electron chi connectivity index (χ2n) is 5.15. The lowest BCUT2D eigenvalue weighted by atomic mass is 10.1. The van der Waals surface area contributed by atoms with Gasteiger partial charge < -0.3 is 14.8 Å². The van der Waals surface area contributed by atoms with Crippen LogP contribution in [0.15, 0.2) is 52.0 Å². The van der Waals surface area contributed by atoms with Gasteiger partial charge in [0, 0.05) is 29.4 Å². The lowest BCUT2D eigenvalue weighted by Crippen LogP contribution is -2.17. The van der Waals surface area contributed by atoms with Crippen molar-refractivity contribution in [2.45, 2.75) is 0 Å². The molecule has 0 spiro atoms. The van der Waals surface area contributed by atoms with Gasteiger partial charge in [0.05, 0.1) is 4.91 Å². The maximum absolute atomic E-state index is 11.8. The topological polar surface area (TPSA) is 75.4 Å². The van der Waals surface area contributed by atoms with Gasteiger partial charge in [-0.05, 0) is 23.8 Å². The van der Waals surface area contributed by atoms with E-state index in [0.29, 0.717) is 20.6 Å². The van der Waals surface area contributed by atoms with E-state index in [1.54, 1.807) is 42.7 Å². The number of furan rings is 1. The molecule has 0 saturated carbocycles. The third-order valence-corrected chi connectivity index (χ3v) is 4.70. The Labute approximate surface area is 146 Å². The molecular formula is C17H10N2O3S2. The summed E-state index contributed by atoms with van der Waals surface area (Å²) in [6, 6.07) is 8.64. The number of phenolic OH excluding ortho intramolecular Hbond substituents is 1. The summed E-state index contributed by atoms with van der Waals surface area (Å²) in [5.74, 6) is 0.534. The number of carbonyl (C=O) groups excluding carboxylic acids is 1. The number of thiocarbonyl (C=S) groups is 1. The fraction of sp³-hybridized carbons (Fsp3) is 0. The minimum atomic E-state index is -0.220. The molecule has 1 fully saturated rings. The number of phenols is 1. The Morgan fingerprint density at radius 2 is 2.04 bits per heavy atom. The van der Waals surface area contributed by atoms with E-state index >= 15 is 0 Å². The average Bonchev–Trinajstić information content (AvgIpc) is 3.10. The van der Waals surface area contributed by atoms with Crippen molar-refractivity contribution < 1.29 is 14.3 Å². The molecule has 1 aliphatic rings. The molecule has 1 aromatic carbocycles. The van der Waals surface area contributed by atoms with E-state index in [9.17, 15) is 9.90 Å². The van der Waals surface area contributed by atoms with Gasteiger partial charge in [-0.3, -0.25) is 9.78 Å². The molecule has 24 heavy (non-hydrogen) atoms. The van der Waals surface area contributed by atoms with Gasteiger partial charge in [-0.15, -0.1) is 0 Å². The molecule has 5 nitrogen and oxygen atoms in total. The highest BCUT2D eigenvalue weighted by atomic mass is 32.2. The average molecular weight is 354 g/mol. The molecule has 1 aliphatic heterocycles. The molecule has 118 valence electrons. The molecule has 3 heterocycles. The van der Waals surface area contributed by atoms with Gasteiger partial charge in [-0.1, -0.05) is 36.1 Å². The van der Waals surface area contributed by atoms with Crippen LogP contribution in [0.1, 0.15) is 5.76 Å². The first-order valence-electron chi connectivity index (χ1n) is 7.02. The number of amides is 1. The van der Waals surface area contributed by atoms with Crippen LogP contribution in [-0.2, 0) is 4.79 Å². The highest BCUT2D eigenvalue weighted by molar-refractivity contribution is 8.26. The zero-order valence-electron chi connectivity index (χ0n) is 12.1. The van der Waals surface area contributed by atoms with Gasteiger partial charge >= 0.3 is 0 Å². The Balaban J connectivity index is 1.80. The standard InChI is InChI=1S/C17H10N2O3S2/c20-11-3-1-9(2-4-11)13-8-18-7-10-5-12(22-15(10)13)6-14-16(21)19-17(23)24-14/h1-8,20H,(H,19,21,23)/b14-6-. The summed E-state index contributed by atoms with van der Waals surface area (Å²) in [5.41, 5.74) is 2.37. The van der Waals surface area contributed by atoms with Crippen LogP contribution < -0.4 is 5.32 Å². The van der Waals surface area contributed by atoms with Crippen LogP contribution in [0.4, 0.5) is 0 Å². The van der Waals surface area contributed by atoms with Crippen molar-refractivity contribution in [2.75, 3.05) is 0 Å². The van der Waals surface area contributed by atoms with Crippen LogP contribution in [0, 0.1) is 0 Å². The first-order valence-corrected chi connectivity index (χ1v) is 8.24. The summed E-state index contributed by atoms with van der Waals surface area (Å²) in [7, 11) is 0. The van der Waals surface area contributed by atoms with E-state index in [1.165, 1.54) is 11.8 Å². The van der Waals surface area contributed by atoms with Crippen LogP contribution in [0.2, 0.25) is 0 Å². The number of nitrogens with one attached hydrogen (secondary N) is 1. The van der Waals surface area contributed by atoms with Gasteiger partial charge in [-0.2, -0.15) is 0 Å². The monoisotopic (exact) mass is 354 g/mol. The molecular weight excluding hydrogens is 344 g/mol. The number of aromatic nitrogens is 1. The van der Waals surface area contributed by atoms with Crippen molar-refractivity contribution in [3.8, 4) is 16.9 Å². The maximum Gasteiger partial charge on any atom is 0.263 e. The Morgan fingerprint density at radius 3 is 2.75 bits per heavy atom. The van der Waals surface area contributed by atoms with E-state index in [-0.39, 0.29) is 11.7 Å². The van der Waals surface area contributed by atoms with Gasteiger partial charge in [0.1, 0.15) is 21.4 Å². The highest BCUT2D eigenvalue weighted by Crippen LogP contribution is 2.33. The molecule has 7 heteroatoms. The smallest absolute Gasteiger partial charge is 0.263 e. The van der Waals surface area contributed by atoms with Gasteiger partial charge in [0.2, 0.25) is 0 Å². The first kappa shape index (κ1) is 14.9. The van der Waals surface area contributed by atoms with Gasteiger partial charge in [0.15, 0.2) is 0 Å². The second kappa shape index (κ2) is 5.77. The number of carbonyl (C=O) groups is 1. The minimum Gasteiger partial charge on any atom is -0.508 e. The number of fused-ring (bicyclic) bond motifs is 1. The minimum absolute atomic E-state index is 0.198. The summed E-state index contributed by atoms with van der Waals surface area (Å²) < 4.78 is 6.35. The Kier molecular flexibility index (Phi) is 3.59. The van der Waals surface area contributed by atoms with Crippen LogP contribution >= 0.6 is 24.0 Å². The molecule has 0 radical (unpaired) electrons. The fourth-order valence-corrected chi connectivity index (χ4v) is 3.47. The number of aromatic hydroxyl groups is 1. The number of hydrogen-bond donors (Lipinski definition) is 2. The molecule has 0 atom stereocenters. The Hall–Kier alpha value is -2.64. The van der Waals surface area contributed by atoms with Gasteiger partial charge in [0.25, 0.3) is 5.91 Å². The van der Waals surface area contributed by atoms with Crippen molar-refractivity contribution in [2.24, 2.45) is 0 Å². The predicted octanol–water partition coefficient (Wildman–Crippen LogP) is 3.69. The SMILES string of the molecule is O=C1NC(=S)S/C1=C\c1cc2cncc(-c3ccc(O)cc3)c2o1. The summed E-state index contributed by atoms with van der Waals surface area (Å²) in [6.07, 6.45) is 5.08. The lowest BCUT2D eigenvalue weighted by molar-refractivity contribution is -0.115. The quantitative estimate of drug-likeness (QED) is 0.540. The molecule has 2 aromatic heterocycles. The van der Waals surface area contributed by atoms with Crippen LogP contribution in [-0.4, -0.2) is 20.3 Å². The Bertz CT molecular complexity index is 1010. The molecule has 4 rings (SSSR count). The molecule has 3 aromatic rings.